The molecule has 1 aromatic heterocycles. The molecule has 22 heavy (non-hydrogen) atoms. The third-order valence-electron chi connectivity index (χ3n) is 3.03. The number of halogens is 1. The summed E-state index contributed by atoms with van der Waals surface area (Å²) in [4.78, 5) is 24.3. The highest BCUT2D eigenvalue weighted by atomic mass is 35.5. The van der Waals surface area contributed by atoms with Crippen LogP contribution in [0.25, 0.3) is 0 Å². The molecule has 7 heteroatoms. The summed E-state index contributed by atoms with van der Waals surface area (Å²) in [6.45, 7) is 0.461. The van der Waals surface area contributed by atoms with E-state index in [-0.39, 0.29) is 12.3 Å². The molecule has 0 unspecified atom stereocenters. The molecule has 0 radical (unpaired) electrons. The minimum Gasteiger partial charge on any atom is -0.352 e. The maximum Gasteiger partial charge on any atom is 0.312 e. The summed E-state index contributed by atoms with van der Waals surface area (Å²) in [6, 6.07) is 9.65. The van der Waals surface area contributed by atoms with Gasteiger partial charge in [0.2, 0.25) is 5.91 Å². The summed E-state index contributed by atoms with van der Waals surface area (Å²) in [5.74, 6) is -0.188. The van der Waals surface area contributed by atoms with Crippen LogP contribution in [0.1, 0.15) is 22.9 Å². The molecule has 5 nitrogen and oxygen atoms in total. The van der Waals surface area contributed by atoms with Crippen molar-refractivity contribution in [1.82, 2.24) is 10.6 Å². The summed E-state index contributed by atoms with van der Waals surface area (Å²) in [5, 5.41) is 7.80. The topological polar surface area (TPSA) is 84.2 Å². The average molecular weight is 338 g/mol. The zero-order valence-electron chi connectivity index (χ0n) is 11.7. The number of rotatable bonds is 6. The van der Waals surface area contributed by atoms with Crippen molar-refractivity contribution in [3.63, 3.8) is 0 Å². The van der Waals surface area contributed by atoms with Crippen LogP contribution in [0.2, 0.25) is 5.02 Å². The fourth-order valence-electron chi connectivity index (χ4n) is 2.02. The number of nitrogens with one attached hydrogen (secondary N) is 2. The molecule has 4 N–H and O–H groups in total. The van der Waals surface area contributed by atoms with Crippen molar-refractivity contribution in [2.75, 3.05) is 0 Å². The van der Waals surface area contributed by atoms with Crippen molar-refractivity contribution in [1.29, 1.82) is 0 Å². The molecule has 0 saturated carbocycles. The fraction of sp³-hybridized carbons (Fsp3) is 0.200. The van der Waals surface area contributed by atoms with Gasteiger partial charge in [-0.15, -0.1) is 11.3 Å². The quantitative estimate of drug-likeness (QED) is 0.757. The lowest BCUT2D eigenvalue weighted by molar-refractivity contribution is -0.121. The van der Waals surface area contributed by atoms with Crippen molar-refractivity contribution in [3.8, 4) is 0 Å². The summed E-state index contributed by atoms with van der Waals surface area (Å²) in [5.41, 5.74) is 5.85. The monoisotopic (exact) mass is 337 g/mol. The predicted octanol–water partition coefficient (Wildman–Crippen LogP) is 2.82. The van der Waals surface area contributed by atoms with Crippen LogP contribution in [-0.4, -0.2) is 11.9 Å². The number of primary amides is 1. The summed E-state index contributed by atoms with van der Waals surface area (Å²) in [6.07, 6.45) is 0.0675. The molecule has 0 aliphatic heterocycles. The Kier molecular flexibility index (Phi) is 5.80. The van der Waals surface area contributed by atoms with Gasteiger partial charge in [-0.25, -0.2) is 4.79 Å². The Balaban J connectivity index is 2.01. The first kappa shape index (κ1) is 16.3. The molecule has 1 atom stereocenters. The van der Waals surface area contributed by atoms with Crippen LogP contribution in [0.15, 0.2) is 41.8 Å². The van der Waals surface area contributed by atoms with Gasteiger partial charge in [-0.2, -0.15) is 0 Å². The average Bonchev–Trinajstić information content (AvgIpc) is 2.98. The summed E-state index contributed by atoms with van der Waals surface area (Å²) >= 11 is 7.69. The van der Waals surface area contributed by atoms with Gasteiger partial charge in [0.15, 0.2) is 0 Å². The van der Waals surface area contributed by atoms with E-state index in [1.54, 1.807) is 35.6 Å². The number of hydrogen-bond acceptors (Lipinski definition) is 3. The summed E-state index contributed by atoms with van der Waals surface area (Å²) in [7, 11) is 0. The lowest BCUT2D eigenvalue weighted by Gasteiger charge is -2.18. The first-order valence-electron chi connectivity index (χ1n) is 6.65. The third kappa shape index (κ3) is 4.75. The van der Waals surface area contributed by atoms with Gasteiger partial charge in [-0.1, -0.05) is 35.9 Å². The number of carbonyl (C=O) groups excluding carboxylic acids is 2. The maximum absolute atomic E-state index is 12.1. The Labute approximate surface area is 137 Å². The summed E-state index contributed by atoms with van der Waals surface area (Å²) < 4.78 is 0. The molecule has 0 fully saturated rings. The van der Waals surface area contributed by atoms with Crippen LogP contribution in [0.4, 0.5) is 4.79 Å². The Morgan fingerprint density at radius 1 is 1.23 bits per heavy atom. The van der Waals surface area contributed by atoms with Gasteiger partial charge in [-0.3, -0.25) is 4.79 Å². The zero-order chi connectivity index (χ0) is 15.9. The van der Waals surface area contributed by atoms with Crippen molar-refractivity contribution in [2.45, 2.75) is 19.0 Å². The Morgan fingerprint density at radius 2 is 2.00 bits per heavy atom. The van der Waals surface area contributed by atoms with Crippen molar-refractivity contribution >= 4 is 34.9 Å². The van der Waals surface area contributed by atoms with Crippen LogP contribution < -0.4 is 16.4 Å². The molecular weight excluding hydrogens is 322 g/mol. The normalized spacial score (nSPS) is 11.7. The molecule has 0 saturated heterocycles. The highest BCUT2D eigenvalue weighted by Gasteiger charge is 2.19. The highest BCUT2D eigenvalue weighted by Crippen LogP contribution is 2.25. The highest BCUT2D eigenvalue weighted by molar-refractivity contribution is 7.09. The minimum atomic E-state index is -0.698. The first-order valence-corrected chi connectivity index (χ1v) is 7.91. The molecule has 2 aromatic rings. The van der Waals surface area contributed by atoms with E-state index in [9.17, 15) is 9.59 Å². The first-order chi connectivity index (χ1) is 10.6. The van der Waals surface area contributed by atoms with Gasteiger partial charge in [0.25, 0.3) is 0 Å². The lowest BCUT2D eigenvalue weighted by atomic mass is 10.0. The van der Waals surface area contributed by atoms with Crippen LogP contribution in [0.5, 0.6) is 0 Å². The minimum absolute atomic E-state index is 0.0675. The van der Waals surface area contributed by atoms with Crippen LogP contribution >= 0.6 is 22.9 Å². The predicted molar refractivity (Wildman–Crippen MR) is 87.7 cm³/mol. The van der Waals surface area contributed by atoms with Crippen molar-refractivity contribution < 1.29 is 9.59 Å². The fourth-order valence-corrected chi connectivity index (χ4v) is 2.94. The second-order valence-electron chi connectivity index (χ2n) is 4.64. The van der Waals surface area contributed by atoms with Crippen LogP contribution in [-0.2, 0) is 11.3 Å². The van der Waals surface area contributed by atoms with Gasteiger partial charge in [-0.05, 0) is 23.1 Å². The molecule has 0 aliphatic carbocycles. The number of hydrogen-bond donors (Lipinski definition) is 3. The number of carbonyl (C=O) groups is 2. The van der Waals surface area contributed by atoms with E-state index in [1.807, 2.05) is 17.5 Å². The van der Waals surface area contributed by atoms with E-state index in [1.165, 1.54) is 0 Å². The molecule has 0 bridgehead atoms. The number of amides is 3. The molecular formula is C15H16ClN3O2S. The largest absolute Gasteiger partial charge is 0.352 e. The Bertz CT molecular complexity index is 646. The second kappa shape index (κ2) is 7.82. The Hall–Kier alpha value is -2.05. The molecule has 1 heterocycles. The number of urea groups is 1. The van der Waals surface area contributed by atoms with E-state index in [4.69, 9.17) is 17.3 Å². The third-order valence-corrected chi connectivity index (χ3v) is 4.25. The maximum atomic E-state index is 12.1. The van der Waals surface area contributed by atoms with E-state index in [0.717, 1.165) is 4.88 Å². The number of nitrogens with two attached hydrogens (primary N) is 1. The van der Waals surface area contributed by atoms with Gasteiger partial charge in [0.1, 0.15) is 0 Å². The van der Waals surface area contributed by atoms with Gasteiger partial charge < -0.3 is 16.4 Å². The van der Waals surface area contributed by atoms with E-state index in [0.29, 0.717) is 17.1 Å². The number of benzene rings is 1. The second-order valence-corrected chi connectivity index (χ2v) is 6.08. The van der Waals surface area contributed by atoms with E-state index in [2.05, 4.69) is 10.6 Å². The molecule has 3 amide bonds. The van der Waals surface area contributed by atoms with Gasteiger partial charge in [0.05, 0.1) is 19.0 Å². The van der Waals surface area contributed by atoms with Crippen molar-refractivity contribution in [3.05, 3.63) is 57.2 Å². The van der Waals surface area contributed by atoms with Gasteiger partial charge in [0, 0.05) is 9.90 Å². The number of thiophene rings is 1. The van der Waals surface area contributed by atoms with E-state index < -0.39 is 12.1 Å². The standard InChI is InChI=1S/C15H16ClN3O2S/c16-12-6-2-1-5-11(12)13(19-15(17)21)8-14(20)18-9-10-4-3-7-22-10/h1-7,13H,8-9H2,(H,18,20)(H3,17,19,21)/t13-/m0/s1. The molecule has 116 valence electrons. The van der Waals surface area contributed by atoms with Crippen LogP contribution in [0, 0.1) is 0 Å². The molecule has 2 rings (SSSR count). The molecule has 0 aliphatic rings. The lowest BCUT2D eigenvalue weighted by Crippen LogP contribution is -2.36. The van der Waals surface area contributed by atoms with Gasteiger partial charge >= 0.3 is 6.03 Å². The zero-order valence-corrected chi connectivity index (χ0v) is 13.3. The Morgan fingerprint density at radius 3 is 2.64 bits per heavy atom. The van der Waals surface area contributed by atoms with Crippen molar-refractivity contribution in [2.24, 2.45) is 5.73 Å². The SMILES string of the molecule is NC(=O)N[C@@H](CC(=O)NCc1cccs1)c1ccccc1Cl. The van der Waals surface area contributed by atoms with E-state index >= 15 is 0 Å². The smallest absolute Gasteiger partial charge is 0.312 e. The molecule has 1 aromatic carbocycles. The molecule has 0 spiro atoms. The van der Waals surface area contributed by atoms with Crippen LogP contribution in [0.3, 0.4) is 0 Å².